The minimum Gasteiger partial charge on any atom is -0.292 e. The van der Waals surface area contributed by atoms with Crippen molar-refractivity contribution in [2.24, 2.45) is 5.14 Å². The van der Waals surface area contributed by atoms with Crippen molar-refractivity contribution in [2.45, 2.75) is 11.1 Å². The Hall–Kier alpha value is -2.66. The summed E-state index contributed by atoms with van der Waals surface area (Å²) in [6, 6.07) is 6.19. The number of carbonyl (C=O) groups is 1. The van der Waals surface area contributed by atoms with E-state index in [0.29, 0.717) is 23.9 Å². The van der Waals surface area contributed by atoms with E-state index in [1.165, 1.54) is 29.2 Å². The first-order valence-electron chi connectivity index (χ1n) is 7.57. The number of carbonyl (C=O) groups excluding carboxylic acids is 1. The van der Waals surface area contributed by atoms with Gasteiger partial charge in [-0.15, -0.1) is 0 Å². The third-order valence-electron chi connectivity index (χ3n) is 4.05. The van der Waals surface area contributed by atoms with Crippen LogP contribution in [0.2, 0.25) is 0 Å². The maximum atomic E-state index is 14.0. The van der Waals surface area contributed by atoms with Crippen LogP contribution in [0.1, 0.15) is 5.56 Å². The van der Waals surface area contributed by atoms with Crippen LogP contribution in [0, 0.1) is 5.82 Å². The van der Waals surface area contributed by atoms with Crippen LogP contribution >= 0.6 is 0 Å². The molecule has 1 fully saturated rings. The van der Waals surface area contributed by atoms with Crippen LogP contribution in [0.25, 0.3) is 0 Å². The average Bonchev–Trinajstić information content (AvgIpc) is 2.95. The van der Waals surface area contributed by atoms with Crippen LogP contribution in [0.4, 0.5) is 33.7 Å². The molecular formula is C16H13F4N3O3S. The largest absolute Gasteiger partial charge is 0.416 e. The molecule has 1 aliphatic heterocycles. The highest BCUT2D eigenvalue weighted by Gasteiger charge is 2.36. The van der Waals surface area contributed by atoms with Gasteiger partial charge < -0.3 is 0 Å². The predicted molar refractivity (Wildman–Crippen MR) is 89.3 cm³/mol. The number of benzene rings is 2. The van der Waals surface area contributed by atoms with Gasteiger partial charge in [-0.25, -0.2) is 22.7 Å². The molecule has 1 saturated heterocycles. The quantitative estimate of drug-likeness (QED) is 0.800. The summed E-state index contributed by atoms with van der Waals surface area (Å²) in [4.78, 5) is 14.5. The Labute approximate surface area is 151 Å². The summed E-state index contributed by atoms with van der Waals surface area (Å²) in [7, 11) is -3.90. The molecule has 2 aromatic rings. The van der Waals surface area contributed by atoms with E-state index >= 15 is 0 Å². The molecule has 3 rings (SSSR count). The van der Waals surface area contributed by atoms with E-state index in [1.54, 1.807) is 0 Å². The van der Waals surface area contributed by atoms with E-state index in [4.69, 9.17) is 5.14 Å². The SMILES string of the molecule is NS(=O)(=O)c1ccc(N2CCN(c3cc(C(F)(F)F)ccc3F)C2=O)cc1. The van der Waals surface area contributed by atoms with E-state index in [1.807, 2.05) is 0 Å². The Morgan fingerprint density at radius 2 is 1.56 bits per heavy atom. The molecule has 0 atom stereocenters. The Morgan fingerprint density at radius 1 is 0.963 bits per heavy atom. The smallest absolute Gasteiger partial charge is 0.292 e. The number of sulfonamides is 1. The van der Waals surface area contributed by atoms with Gasteiger partial charge in [-0.1, -0.05) is 0 Å². The lowest BCUT2D eigenvalue weighted by atomic mass is 10.1. The molecule has 2 aromatic carbocycles. The molecule has 1 heterocycles. The summed E-state index contributed by atoms with van der Waals surface area (Å²) < 4.78 is 75.2. The fraction of sp³-hybridized carbons (Fsp3) is 0.188. The van der Waals surface area contributed by atoms with Crippen molar-refractivity contribution in [1.29, 1.82) is 0 Å². The van der Waals surface area contributed by atoms with Crippen LogP contribution in [0.15, 0.2) is 47.4 Å². The van der Waals surface area contributed by atoms with Crippen molar-refractivity contribution in [2.75, 3.05) is 22.9 Å². The lowest BCUT2D eigenvalue weighted by molar-refractivity contribution is -0.137. The normalized spacial score (nSPS) is 15.5. The van der Waals surface area contributed by atoms with Crippen molar-refractivity contribution >= 4 is 27.4 Å². The van der Waals surface area contributed by atoms with Gasteiger partial charge in [0.2, 0.25) is 10.0 Å². The van der Waals surface area contributed by atoms with E-state index in [2.05, 4.69) is 0 Å². The number of urea groups is 1. The first kappa shape index (κ1) is 19.1. The molecule has 0 radical (unpaired) electrons. The monoisotopic (exact) mass is 403 g/mol. The van der Waals surface area contributed by atoms with Gasteiger partial charge in [0.15, 0.2) is 0 Å². The summed E-state index contributed by atoms with van der Waals surface area (Å²) in [5.41, 5.74) is -1.23. The van der Waals surface area contributed by atoms with Crippen LogP contribution in [0.5, 0.6) is 0 Å². The molecule has 0 bridgehead atoms. The zero-order valence-electron chi connectivity index (χ0n) is 13.6. The Balaban J connectivity index is 1.89. The average molecular weight is 403 g/mol. The highest BCUT2D eigenvalue weighted by molar-refractivity contribution is 7.89. The number of primary sulfonamides is 1. The second kappa shape index (κ2) is 6.50. The van der Waals surface area contributed by atoms with Gasteiger partial charge >= 0.3 is 12.2 Å². The maximum Gasteiger partial charge on any atom is 0.416 e. The zero-order valence-corrected chi connectivity index (χ0v) is 14.4. The molecule has 0 unspecified atom stereocenters. The topological polar surface area (TPSA) is 83.7 Å². The first-order valence-corrected chi connectivity index (χ1v) is 9.12. The van der Waals surface area contributed by atoms with Crippen LogP contribution in [-0.2, 0) is 16.2 Å². The Morgan fingerprint density at radius 3 is 2.11 bits per heavy atom. The molecule has 0 saturated carbocycles. The van der Waals surface area contributed by atoms with Crippen molar-refractivity contribution in [3.63, 3.8) is 0 Å². The second-order valence-electron chi connectivity index (χ2n) is 5.79. The Kier molecular flexibility index (Phi) is 4.60. The molecule has 27 heavy (non-hydrogen) atoms. The molecule has 144 valence electrons. The number of nitrogens with zero attached hydrogens (tertiary/aromatic N) is 2. The van der Waals surface area contributed by atoms with Crippen LogP contribution < -0.4 is 14.9 Å². The van der Waals surface area contributed by atoms with Gasteiger partial charge in [0.05, 0.1) is 16.1 Å². The molecule has 0 aliphatic carbocycles. The van der Waals surface area contributed by atoms with Gasteiger partial charge in [0, 0.05) is 18.8 Å². The standard InChI is InChI=1S/C16H13F4N3O3S/c17-13-6-1-10(16(18,19)20)9-14(13)23-8-7-22(15(23)24)11-2-4-12(5-3-11)27(21,25)26/h1-6,9H,7-8H2,(H2,21,25,26). The van der Waals surface area contributed by atoms with Crippen molar-refractivity contribution < 1.29 is 30.8 Å². The number of amides is 2. The number of rotatable bonds is 3. The molecule has 0 spiro atoms. The molecule has 11 heteroatoms. The molecular weight excluding hydrogens is 390 g/mol. The van der Waals surface area contributed by atoms with Gasteiger partial charge in [-0.3, -0.25) is 9.80 Å². The lowest BCUT2D eigenvalue weighted by Crippen LogP contribution is -2.32. The third-order valence-corrected chi connectivity index (χ3v) is 4.98. The Bertz CT molecular complexity index is 991. The second-order valence-corrected chi connectivity index (χ2v) is 7.35. The summed E-state index contributed by atoms with van der Waals surface area (Å²) in [6.45, 7) is 0.0528. The van der Waals surface area contributed by atoms with E-state index in [-0.39, 0.29) is 18.0 Å². The molecule has 2 amide bonds. The van der Waals surface area contributed by atoms with Gasteiger partial charge in [-0.05, 0) is 42.5 Å². The molecule has 0 aromatic heterocycles. The van der Waals surface area contributed by atoms with Crippen molar-refractivity contribution in [3.8, 4) is 0 Å². The molecule has 6 nitrogen and oxygen atoms in total. The minimum atomic E-state index is -4.67. The third kappa shape index (κ3) is 3.74. The van der Waals surface area contributed by atoms with Crippen molar-refractivity contribution in [3.05, 3.63) is 53.8 Å². The highest BCUT2D eigenvalue weighted by atomic mass is 32.2. The van der Waals surface area contributed by atoms with E-state index in [0.717, 1.165) is 4.90 Å². The van der Waals surface area contributed by atoms with E-state index < -0.39 is 39.3 Å². The predicted octanol–water partition coefficient (Wildman–Crippen LogP) is 2.94. The summed E-state index contributed by atoms with van der Waals surface area (Å²) in [5, 5.41) is 5.00. The van der Waals surface area contributed by atoms with Gasteiger partial charge in [0.1, 0.15) is 5.82 Å². The van der Waals surface area contributed by atoms with E-state index in [9.17, 15) is 30.8 Å². The summed E-state index contributed by atoms with van der Waals surface area (Å²) >= 11 is 0. The van der Waals surface area contributed by atoms with Crippen LogP contribution in [0.3, 0.4) is 0 Å². The number of anilines is 2. The number of hydrogen-bond acceptors (Lipinski definition) is 3. The summed E-state index contributed by atoms with van der Waals surface area (Å²) in [5.74, 6) is -0.956. The first-order chi connectivity index (χ1) is 12.5. The van der Waals surface area contributed by atoms with Crippen molar-refractivity contribution in [1.82, 2.24) is 0 Å². The maximum absolute atomic E-state index is 14.0. The molecule has 1 aliphatic rings. The lowest BCUT2D eigenvalue weighted by Gasteiger charge is -2.20. The molecule has 2 N–H and O–H groups in total. The fourth-order valence-corrected chi connectivity index (χ4v) is 3.23. The van der Waals surface area contributed by atoms with Gasteiger partial charge in [0.25, 0.3) is 0 Å². The van der Waals surface area contributed by atoms with Gasteiger partial charge in [-0.2, -0.15) is 13.2 Å². The van der Waals surface area contributed by atoms with Crippen LogP contribution in [-0.4, -0.2) is 27.5 Å². The number of nitrogens with two attached hydrogens (primary N) is 1. The number of halogens is 4. The minimum absolute atomic E-state index is 0.0337. The highest BCUT2D eigenvalue weighted by Crippen LogP contribution is 2.34. The number of hydrogen-bond donors (Lipinski definition) is 1. The number of alkyl halides is 3. The summed E-state index contributed by atoms with van der Waals surface area (Å²) in [6.07, 6.45) is -4.67. The fourth-order valence-electron chi connectivity index (χ4n) is 2.71. The zero-order chi connectivity index (χ0) is 20.0.